The molecule has 0 radical (unpaired) electrons. The zero-order valence-corrected chi connectivity index (χ0v) is 18.2. The molecule has 2 N–H and O–H groups in total. The number of carbonyl (C=O) groups excluding carboxylic acids is 1. The Bertz CT molecular complexity index is 1040. The van der Waals surface area contributed by atoms with E-state index in [-0.39, 0.29) is 23.8 Å². The molecule has 0 saturated heterocycles. The summed E-state index contributed by atoms with van der Waals surface area (Å²) < 4.78 is 17.9. The quantitative estimate of drug-likeness (QED) is 0.564. The number of aryl methyl sites for hydroxylation is 1. The second-order valence-corrected chi connectivity index (χ2v) is 8.21. The summed E-state index contributed by atoms with van der Waals surface area (Å²) in [6, 6.07) is 5.45. The molecule has 4 rings (SSSR count). The van der Waals surface area contributed by atoms with Crippen molar-refractivity contribution in [3.63, 3.8) is 0 Å². The van der Waals surface area contributed by atoms with Crippen LogP contribution in [-0.4, -0.2) is 44.3 Å². The third-order valence-electron chi connectivity index (χ3n) is 5.48. The normalized spacial score (nSPS) is 18.6. The Kier molecular flexibility index (Phi) is 6.08. The Morgan fingerprint density at radius 2 is 2.19 bits per heavy atom. The van der Waals surface area contributed by atoms with Gasteiger partial charge in [-0.25, -0.2) is 0 Å². The standard InChI is InChI=1S/C21H28N6O4/c1-12(2)18-10-20(26-31-18)30-15-6-5-13(7-15)16-9-19(24-23-16)22-21(28)17-8-14(11-29-4)25-27(17)3/h8-10,12-13,15H,5-7,11H2,1-4H3,(H2,22,23,24,28)/t13-,15+/m0/s1. The van der Waals surface area contributed by atoms with Crippen molar-refractivity contribution >= 4 is 11.7 Å². The molecule has 0 bridgehead atoms. The van der Waals surface area contributed by atoms with E-state index in [9.17, 15) is 4.79 Å². The average Bonchev–Trinajstić information content (AvgIpc) is 3.50. The van der Waals surface area contributed by atoms with Crippen molar-refractivity contribution < 1.29 is 18.8 Å². The Labute approximate surface area is 180 Å². The summed E-state index contributed by atoms with van der Waals surface area (Å²) in [7, 11) is 3.31. The van der Waals surface area contributed by atoms with Crippen LogP contribution in [0.3, 0.4) is 0 Å². The van der Waals surface area contributed by atoms with Crippen LogP contribution in [-0.2, 0) is 18.4 Å². The van der Waals surface area contributed by atoms with Crippen LogP contribution in [0.25, 0.3) is 0 Å². The first-order valence-electron chi connectivity index (χ1n) is 10.4. The number of aromatic nitrogens is 5. The predicted molar refractivity (Wildman–Crippen MR) is 112 cm³/mol. The number of nitrogens with zero attached hydrogens (tertiary/aromatic N) is 4. The molecule has 0 unspecified atom stereocenters. The van der Waals surface area contributed by atoms with E-state index in [0.29, 0.717) is 29.7 Å². The van der Waals surface area contributed by atoms with E-state index in [1.165, 1.54) is 4.68 Å². The smallest absolute Gasteiger partial charge is 0.275 e. The number of hydrogen-bond acceptors (Lipinski definition) is 7. The van der Waals surface area contributed by atoms with Crippen LogP contribution < -0.4 is 10.1 Å². The number of amides is 1. The first-order chi connectivity index (χ1) is 14.9. The van der Waals surface area contributed by atoms with Crippen LogP contribution in [0.2, 0.25) is 0 Å². The van der Waals surface area contributed by atoms with E-state index in [1.54, 1.807) is 20.2 Å². The zero-order valence-electron chi connectivity index (χ0n) is 18.2. The molecule has 3 aromatic rings. The topological polar surface area (TPSA) is 120 Å². The molecule has 1 aliphatic carbocycles. The van der Waals surface area contributed by atoms with E-state index in [1.807, 2.05) is 12.1 Å². The third kappa shape index (κ3) is 4.79. The molecule has 3 heterocycles. The lowest BCUT2D eigenvalue weighted by Gasteiger charge is -2.10. The summed E-state index contributed by atoms with van der Waals surface area (Å²) in [4.78, 5) is 12.6. The van der Waals surface area contributed by atoms with Crippen molar-refractivity contribution in [1.82, 2.24) is 25.1 Å². The molecular formula is C21H28N6O4. The number of ether oxygens (including phenoxy) is 2. The minimum atomic E-state index is -0.268. The highest BCUT2D eigenvalue weighted by Gasteiger charge is 2.29. The van der Waals surface area contributed by atoms with Gasteiger partial charge in [-0.1, -0.05) is 13.8 Å². The van der Waals surface area contributed by atoms with Gasteiger partial charge in [0.25, 0.3) is 11.8 Å². The van der Waals surface area contributed by atoms with Gasteiger partial charge in [0, 0.05) is 43.8 Å². The highest BCUT2D eigenvalue weighted by atomic mass is 16.5. The fourth-order valence-electron chi connectivity index (χ4n) is 3.85. The van der Waals surface area contributed by atoms with Crippen molar-refractivity contribution in [3.8, 4) is 5.88 Å². The molecule has 10 heteroatoms. The van der Waals surface area contributed by atoms with Crippen LogP contribution in [0.5, 0.6) is 5.88 Å². The number of carbonyl (C=O) groups is 1. The first-order valence-corrected chi connectivity index (χ1v) is 10.4. The van der Waals surface area contributed by atoms with Gasteiger partial charge in [-0.3, -0.25) is 14.6 Å². The van der Waals surface area contributed by atoms with Crippen molar-refractivity contribution in [1.29, 1.82) is 0 Å². The number of methoxy groups -OCH3 is 1. The summed E-state index contributed by atoms with van der Waals surface area (Å²) >= 11 is 0. The summed E-state index contributed by atoms with van der Waals surface area (Å²) in [6.07, 6.45) is 2.82. The van der Waals surface area contributed by atoms with Crippen LogP contribution in [0.15, 0.2) is 22.7 Å². The van der Waals surface area contributed by atoms with Gasteiger partial charge in [-0.05, 0) is 30.5 Å². The van der Waals surface area contributed by atoms with Crippen LogP contribution in [0.1, 0.15) is 72.6 Å². The minimum Gasteiger partial charge on any atom is -0.472 e. The van der Waals surface area contributed by atoms with Gasteiger partial charge in [-0.15, -0.1) is 0 Å². The zero-order chi connectivity index (χ0) is 22.0. The van der Waals surface area contributed by atoms with Crippen molar-refractivity contribution in [3.05, 3.63) is 41.0 Å². The number of aromatic amines is 1. The summed E-state index contributed by atoms with van der Waals surface area (Å²) in [5.74, 6) is 2.13. The highest BCUT2D eigenvalue weighted by molar-refractivity contribution is 6.02. The lowest BCUT2D eigenvalue weighted by Crippen LogP contribution is -2.16. The maximum Gasteiger partial charge on any atom is 0.275 e. The minimum absolute atomic E-state index is 0.0742. The van der Waals surface area contributed by atoms with E-state index in [2.05, 4.69) is 39.6 Å². The summed E-state index contributed by atoms with van der Waals surface area (Å²) in [6.45, 7) is 4.46. The Balaban J connectivity index is 1.34. The van der Waals surface area contributed by atoms with Crippen LogP contribution >= 0.6 is 0 Å². The van der Waals surface area contributed by atoms with Crippen LogP contribution in [0.4, 0.5) is 5.82 Å². The maximum atomic E-state index is 12.6. The maximum absolute atomic E-state index is 12.6. The van der Waals surface area contributed by atoms with E-state index >= 15 is 0 Å². The molecule has 166 valence electrons. The van der Waals surface area contributed by atoms with E-state index in [0.717, 1.165) is 30.7 Å². The highest BCUT2D eigenvalue weighted by Crippen LogP contribution is 2.36. The van der Waals surface area contributed by atoms with Gasteiger partial charge in [0.05, 0.1) is 12.3 Å². The molecule has 1 fully saturated rings. The van der Waals surface area contributed by atoms with E-state index in [4.69, 9.17) is 14.0 Å². The van der Waals surface area contributed by atoms with Gasteiger partial charge in [0.15, 0.2) is 5.82 Å². The van der Waals surface area contributed by atoms with Crippen molar-refractivity contribution in [2.24, 2.45) is 7.05 Å². The van der Waals surface area contributed by atoms with Crippen molar-refractivity contribution in [2.45, 2.75) is 57.7 Å². The van der Waals surface area contributed by atoms with Gasteiger partial charge in [0.1, 0.15) is 17.6 Å². The number of anilines is 1. The summed E-state index contributed by atoms with van der Waals surface area (Å²) in [5, 5.41) is 18.4. The SMILES string of the molecule is COCc1cc(C(=O)Nc2cc([C@H]3CC[C@@H](Oc4cc(C(C)C)on4)C3)[nH]n2)n(C)n1. The third-order valence-corrected chi connectivity index (χ3v) is 5.48. The second-order valence-electron chi connectivity index (χ2n) is 8.21. The Morgan fingerprint density at radius 1 is 1.35 bits per heavy atom. The molecule has 2 atom stereocenters. The Morgan fingerprint density at radius 3 is 2.94 bits per heavy atom. The van der Waals surface area contributed by atoms with Crippen LogP contribution in [0, 0.1) is 0 Å². The second kappa shape index (κ2) is 8.93. The van der Waals surface area contributed by atoms with Gasteiger partial charge >= 0.3 is 0 Å². The lowest BCUT2D eigenvalue weighted by molar-refractivity contribution is 0.101. The Hall–Kier alpha value is -3.14. The molecule has 31 heavy (non-hydrogen) atoms. The molecule has 0 spiro atoms. The molecule has 0 aromatic carbocycles. The number of nitrogens with one attached hydrogen (secondary N) is 2. The largest absolute Gasteiger partial charge is 0.472 e. The lowest BCUT2D eigenvalue weighted by atomic mass is 10.0. The number of H-pyrrole nitrogens is 1. The molecule has 10 nitrogen and oxygen atoms in total. The fraction of sp³-hybridized carbons (Fsp3) is 0.524. The average molecular weight is 428 g/mol. The number of rotatable bonds is 8. The fourth-order valence-corrected chi connectivity index (χ4v) is 3.85. The molecule has 1 aliphatic rings. The first kappa shape index (κ1) is 21.1. The molecule has 0 aliphatic heterocycles. The van der Waals surface area contributed by atoms with Gasteiger partial charge < -0.3 is 19.3 Å². The van der Waals surface area contributed by atoms with Gasteiger partial charge in [0.2, 0.25) is 0 Å². The molecule has 3 aromatic heterocycles. The molecule has 1 saturated carbocycles. The molecule has 1 amide bonds. The summed E-state index contributed by atoms with van der Waals surface area (Å²) in [5.41, 5.74) is 2.12. The number of hydrogen-bond donors (Lipinski definition) is 2. The van der Waals surface area contributed by atoms with Gasteiger partial charge in [-0.2, -0.15) is 10.2 Å². The monoisotopic (exact) mass is 428 g/mol. The van der Waals surface area contributed by atoms with E-state index < -0.39 is 0 Å². The predicted octanol–water partition coefficient (Wildman–Crippen LogP) is 3.37. The molecular weight excluding hydrogens is 400 g/mol. The van der Waals surface area contributed by atoms with Crippen molar-refractivity contribution in [2.75, 3.05) is 12.4 Å².